The number of hydrogen-bond donors (Lipinski definition) is 1. The number of alkyl halides is 3. The number of nitrogens with zero attached hydrogens (tertiary/aromatic N) is 1. The molecule has 1 aliphatic carbocycles. The summed E-state index contributed by atoms with van der Waals surface area (Å²) >= 11 is 0. The van der Waals surface area contributed by atoms with Crippen molar-refractivity contribution in [3.63, 3.8) is 0 Å². The summed E-state index contributed by atoms with van der Waals surface area (Å²) in [7, 11) is 0. The zero-order valence-electron chi connectivity index (χ0n) is 9.37. The Balaban J connectivity index is 2.07. The van der Waals surface area contributed by atoms with Crippen LogP contribution in [0.4, 0.5) is 19.0 Å². The number of aromatic nitrogens is 1. The number of halogens is 3. The first-order chi connectivity index (χ1) is 8.47. The number of rotatable bonds is 2. The molecule has 0 bridgehead atoms. The van der Waals surface area contributed by atoms with Gasteiger partial charge in [-0.2, -0.15) is 13.2 Å². The average molecular weight is 256 g/mol. The average Bonchev–Trinajstić information content (AvgIpc) is 2.81. The molecule has 1 amide bonds. The van der Waals surface area contributed by atoms with Crippen LogP contribution in [0.2, 0.25) is 0 Å². The molecule has 0 spiro atoms. The quantitative estimate of drug-likeness (QED) is 0.826. The summed E-state index contributed by atoms with van der Waals surface area (Å²) in [5.41, 5.74) is -1.01. The van der Waals surface area contributed by atoms with Gasteiger partial charge in [0.05, 0.1) is 0 Å². The Morgan fingerprint density at radius 3 is 2.56 bits per heavy atom. The third-order valence-electron chi connectivity index (χ3n) is 2.67. The third-order valence-corrected chi connectivity index (χ3v) is 2.67. The van der Waals surface area contributed by atoms with Crippen molar-refractivity contribution in [3.05, 3.63) is 36.0 Å². The van der Waals surface area contributed by atoms with Crippen LogP contribution in [-0.2, 0) is 11.0 Å². The first kappa shape index (κ1) is 12.6. The molecule has 1 aromatic rings. The molecule has 96 valence electrons. The van der Waals surface area contributed by atoms with E-state index < -0.39 is 11.9 Å². The van der Waals surface area contributed by atoms with Crippen molar-refractivity contribution in [2.45, 2.75) is 19.0 Å². The highest BCUT2D eigenvalue weighted by atomic mass is 19.4. The first-order valence-corrected chi connectivity index (χ1v) is 5.47. The monoisotopic (exact) mass is 256 g/mol. The van der Waals surface area contributed by atoms with Gasteiger partial charge in [-0.05, 0) is 25.0 Å². The number of carbonyl (C=O) groups is 1. The summed E-state index contributed by atoms with van der Waals surface area (Å²) in [6.07, 6.45) is 0.485. The van der Waals surface area contributed by atoms with Crippen LogP contribution in [0.25, 0.3) is 0 Å². The van der Waals surface area contributed by atoms with Crippen molar-refractivity contribution in [2.75, 3.05) is 5.32 Å². The minimum Gasteiger partial charge on any atom is -0.310 e. The van der Waals surface area contributed by atoms with E-state index in [9.17, 15) is 18.0 Å². The van der Waals surface area contributed by atoms with Gasteiger partial charge in [-0.15, -0.1) is 0 Å². The molecule has 2 rings (SSSR count). The standard InChI is InChI=1S/C12H11F3N2O/c13-12(14,15)9-6-3-7-10(16-9)17-11(18)8-4-1-2-5-8/h1-3,6-8H,4-5H2,(H,16,17,18). The smallest absolute Gasteiger partial charge is 0.310 e. The lowest BCUT2D eigenvalue weighted by molar-refractivity contribution is -0.141. The van der Waals surface area contributed by atoms with Crippen molar-refractivity contribution in [1.82, 2.24) is 4.98 Å². The summed E-state index contributed by atoms with van der Waals surface area (Å²) in [5.74, 6) is -0.574. The van der Waals surface area contributed by atoms with E-state index in [4.69, 9.17) is 0 Å². The first-order valence-electron chi connectivity index (χ1n) is 5.47. The summed E-state index contributed by atoms with van der Waals surface area (Å²) in [6, 6.07) is 3.43. The lowest BCUT2D eigenvalue weighted by Crippen LogP contribution is -2.21. The van der Waals surface area contributed by atoms with Crippen molar-refractivity contribution in [2.24, 2.45) is 5.92 Å². The Hall–Kier alpha value is -1.85. The van der Waals surface area contributed by atoms with Gasteiger partial charge in [-0.1, -0.05) is 18.2 Å². The third kappa shape index (κ3) is 2.88. The molecule has 1 aromatic heterocycles. The number of amides is 1. The topological polar surface area (TPSA) is 42.0 Å². The lowest BCUT2D eigenvalue weighted by Gasteiger charge is -2.11. The molecule has 0 saturated heterocycles. The van der Waals surface area contributed by atoms with E-state index >= 15 is 0 Å². The SMILES string of the molecule is O=C(Nc1cccc(C(F)(F)F)n1)C1CC=CC1. The minimum atomic E-state index is -4.50. The maximum absolute atomic E-state index is 12.4. The van der Waals surface area contributed by atoms with Crippen LogP contribution in [0.3, 0.4) is 0 Å². The van der Waals surface area contributed by atoms with Crippen LogP contribution < -0.4 is 5.32 Å². The fourth-order valence-corrected chi connectivity index (χ4v) is 1.72. The number of hydrogen-bond acceptors (Lipinski definition) is 2. The van der Waals surface area contributed by atoms with E-state index in [1.807, 2.05) is 12.2 Å². The van der Waals surface area contributed by atoms with Gasteiger partial charge in [0.25, 0.3) is 0 Å². The second-order valence-electron chi connectivity index (χ2n) is 4.03. The number of allylic oxidation sites excluding steroid dienone is 2. The van der Waals surface area contributed by atoms with Crippen molar-refractivity contribution < 1.29 is 18.0 Å². The zero-order valence-corrected chi connectivity index (χ0v) is 9.37. The van der Waals surface area contributed by atoms with Gasteiger partial charge in [0.1, 0.15) is 11.5 Å². The molecule has 1 N–H and O–H groups in total. The van der Waals surface area contributed by atoms with E-state index in [-0.39, 0.29) is 17.6 Å². The van der Waals surface area contributed by atoms with Crippen molar-refractivity contribution in [3.8, 4) is 0 Å². The van der Waals surface area contributed by atoms with Gasteiger partial charge in [0, 0.05) is 5.92 Å². The number of carbonyl (C=O) groups excluding carboxylic acids is 1. The van der Waals surface area contributed by atoms with E-state index in [0.717, 1.165) is 6.07 Å². The Labute approximate surface area is 102 Å². The number of anilines is 1. The molecule has 6 heteroatoms. The van der Waals surface area contributed by atoms with Crippen LogP contribution in [0.5, 0.6) is 0 Å². The fourth-order valence-electron chi connectivity index (χ4n) is 1.72. The molecule has 0 aliphatic heterocycles. The number of pyridine rings is 1. The lowest BCUT2D eigenvalue weighted by atomic mass is 10.1. The highest BCUT2D eigenvalue weighted by Crippen LogP contribution is 2.28. The van der Waals surface area contributed by atoms with E-state index in [2.05, 4.69) is 10.3 Å². The molecule has 0 fully saturated rings. The van der Waals surface area contributed by atoms with E-state index in [1.165, 1.54) is 12.1 Å². The Morgan fingerprint density at radius 2 is 1.94 bits per heavy atom. The van der Waals surface area contributed by atoms with Crippen LogP contribution in [0, 0.1) is 5.92 Å². The van der Waals surface area contributed by atoms with E-state index in [0.29, 0.717) is 12.8 Å². The molecule has 3 nitrogen and oxygen atoms in total. The molecule has 0 unspecified atom stereocenters. The van der Waals surface area contributed by atoms with Crippen molar-refractivity contribution >= 4 is 11.7 Å². The fraction of sp³-hybridized carbons (Fsp3) is 0.333. The Morgan fingerprint density at radius 1 is 1.28 bits per heavy atom. The Kier molecular flexibility index (Phi) is 3.36. The van der Waals surface area contributed by atoms with Gasteiger partial charge in [-0.3, -0.25) is 4.79 Å². The minimum absolute atomic E-state index is 0.0678. The summed E-state index contributed by atoms with van der Waals surface area (Å²) in [5, 5.41) is 2.41. The van der Waals surface area contributed by atoms with Gasteiger partial charge in [0.2, 0.25) is 5.91 Å². The predicted octanol–water partition coefficient (Wildman–Crippen LogP) is 3.01. The molecule has 0 saturated carbocycles. The van der Waals surface area contributed by atoms with Crippen molar-refractivity contribution in [1.29, 1.82) is 0 Å². The highest BCUT2D eigenvalue weighted by Gasteiger charge is 2.32. The number of nitrogens with one attached hydrogen (secondary N) is 1. The Bertz CT molecular complexity index is 474. The van der Waals surface area contributed by atoms with Gasteiger partial charge in [-0.25, -0.2) is 4.98 Å². The highest BCUT2D eigenvalue weighted by molar-refractivity contribution is 5.92. The molecule has 0 radical (unpaired) electrons. The molecule has 1 heterocycles. The maximum Gasteiger partial charge on any atom is 0.433 e. The molecular weight excluding hydrogens is 245 g/mol. The molecule has 0 atom stereocenters. The maximum atomic E-state index is 12.4. The summed E-state index contributed by atoms with van der Waals surface area (Å²) in [6.45, 7) is 0. The molecule has 0 aromatic carbocycles. The van der Waals surface area contributed by atoms with Crippen LogP contribution >= 0.6 is 0 Å². The molecule has 1 aliphatic rings. The summed E-state index contributed by atoms with van der Waals surface area (Å²) < 4.78 is 37.3. The molecule has 18 heavy (non-hydrogen) atoms. The second kappa shape index (κ2) is 4.80. The second-order valence-corrected chi connectivity index (χ2v) is 4.03. The zero-order chi connectivity index (χ0) is 13.2. The largest absolute Gasteiger partial charge is 0.433 e. The van der Waals surface area contributed by atoms with Gasteiger partial charge in [0.15, 0.2) is 0 Å². The van der Waals surface area contributed by atoms with Crippen LogP contribution in [0.1, 0.15) is 18.5 Å². The van der Waals surface area contributed by atoms with Crippen LogP contribution in [0.15, 0.2) is 30.4 Å². The van der Waals surface area contributed by atoms with Crippen LogP contribution in [-0.4, -0.2) is 10.9 Å². The normalized spacial score (nSPS) is 15.9. The van der Waals surface area contributed by atoms with Gasteiger partial charge < -0.3 is 5.32 Å². The van der Waals surface area contributed by atoms with E-state index in [1.54, 1.807) is 0 Å². The summed E-state index contributed by atoms with van der Waals surface area (Å²) in [4.78, 5) is 15.1. The predicted molar refractivity (Wildman–Crippen MR) is 59.7 cm³/mol. The molecular formula is C12H11F3N2O. The van der Waals surface area contributed by atoms with Gasteiger partial charge >= 0.3 is 6.18 Å².